The van der Waals surface area contributed by atoms with Gasteiger partial charge in [0.15, 0.2) is 5.82 Å². The highest BCUT2D eigenvalue weighted by atomic mass is 15.1. The van der Waals surface area contributed by atoms with E-state index in [0.29, 0.717) is 0 Å². The topological polar surface area (TPSA) is 29.0 Å². The molecule has 0 fully saturated rings. The van der Waals surface area contributed by atoms with Crippen LogP contribution in [0.5, 0.6) is 0 Å². The van der Waals surface area contributed by atoms with Crippen LogP contribution in [-0.4, -0.2) is 9.97 Å². The lowest BCUT2D eigenvalue weighted by molar-refractivity contribution is 0.794. The van der Waals surface area contributed by atoms with Crippen molar-refractivity contribution in [2.75, 3.05) is 4.90 Å². The molecular formula is C61H37N3. The van der Waals surface area contributed by atoms with E-state index >= 15 is 0 Å². The average Bonchev–Trinajstić information content (AvgIpc) is 3.96. The lowest BCUT2D eigenvalue weighted by Gasteiger charge is -2.32. The minimum atomic E-state index is -0.605. The van der Waals surface area contributed by atoms with E-state index in [4.69, 9.17) is 9.97 Å². The Balaban J connectivity index is 1.11. The van der Waals surface area contributed by atoms with Gasteiger partial charge in [0, 0.05) is 39.1 Å². The molecule has 64 heavy (non-hydrogen) atoms. The van der Waals surface area contributed by atoms with Crippen molar-refractivity contribution >= 4 is 38.7 Å². The molecule has 3 heteroatoms. The number of fused-ring (bicyclic) bond motifs is 14. The van der Waals surface area contributed by atoms with Crippen LogP contribution in [0.2, 0.25) is 0 Å². The number of hydrogen-bond donors (Lipinski definition) is 0. The number of rotatable bonds is 5. The normalized spacial score (nSPS) is 14.6. The maximum atomic E-state index is 5.67. The Morgan fingerprint density at radius 1 is 0.344 bits per heavy atom. The number of hydrogen-bond acceptors (Lipinski definition) is 3. The Morgan fingerprint density at radius 2 is 0.938 bits per heavy atom. The molecule has 14 rings (SSSR count). The summed E-state index contributed by atoms with van der Waals surface area (Å²) >= 11 is 0. The summed E-state index contributed by atoms with van der Waals surface area (Å²) in [6.45, 7) is 0. The summed E-state index contributed by atoms with van der Waals surface area (Å²) in [5.41, 5.74) is 21.7. The summed E-state index contributed by atoms with van der Waals surface area (Å²) < 4.78 is 0. The highest BCUT2D eigenvalue weighted by Gasteiger charge is 2.53. The highest BCUT2D eigenvalue weighted by Crippen LogP contribution is 2.67. The lowest BCUT2D eigenvalue weighted by Crippen LogP contribution is -2.26. The first-order valence-corrected chi connectivity index (χ1v) is 22.1. The molecule has 1 aromatic heterocycles. The summed E-state index contributed by atoms with van der Waals surface area (Å²) in [6.07, 6.45) is 0. The number of nitrogens with zero attached hydrogens (tertiary/aromatic N) is 3. The molecule has 10 aromatic carbocycles. The zero-order valence-electron chi connectivity index (χ0n) is 34.7. The second-order valence-corrected chi connectivity index (χ2v) is 17.2. The largest absolute Gasteiger partial charge is 0.310 e. The molecule has 0 radical (unpaired) electrons. The van der Waals surface area contributed by atoms with Crippen molar-refractivity contribution in [2.45, 2.75) is 5.41 Å². The molecule has 3 aliphatic carbocycles. The van der Waals surface area contributed by atoms with Crippen LogP contribution in [0.1, 0.15) is 22.3 Å². The molecule has 0 amide bonds. The Kier molecular flexibility index (Phi) is 7.32. The van der Waals surface area contributed by atoms with Crippen molar-refractivity contribution in [1.82, 2.24) is 9.97 Å². The minimum absolute atomic E-state index is 0.605. The van der Waals surface area contributed by atoms with Crippen molar-refractivity contribution in [2.24, 2.45) is 0 Å². The van der Waals surface area contributed by atoms with E-state index in [2.05, 4.69) is 229 Å². The third-order valence-corrected chi connectivity index (χ3v) is 14.0. The molecule has 0 N–H and O–H groups in total. The van der Waals surface area contributed by atoms with E-state index in [1.807, 2.05) is 0 Å². The third-order valence-electron chi connectivity index (χ3n) is 14.0. The molecule has 11 aromatic rings. The number of aromatic nitrogens is 2. The van der Waals surface area contributed by atoms with Gasteiger partial charge in [0.25, 0.3) is 0 Å². The van der Waals surface area contributed by atoms with E-state index in [9.17, 15) is 0 Å². The van der Waals surface area contributed by atoms with Gasteiger partial charge in [0.1, 0.15) is 0 Å². The van der Waals surface area contributed by atoms with Crippen LogP contribution in [0, 0.1) is 0 Å². The molecular weight excluding hydrogens is 775 g/mol. The maximum absolute atomic E-state index is 5.67. The Labute approximate surface area is 371 Å². The van der Waals surface area contributed by atoms with Crippen LogP contribution in [0.15, 0.2) is 224 Å². The lowest BCUT2D eigenvalue weighted by atomic mass is 9.70. The second-order valence-electron chi connectivity index (χ2n) is 17.2. The van der Waals surface area contributed by atoms with Gasteiger partial charge in [-0.25, -0.2) is 9.97 Å². The fourth-order valence-electron chi connectivity index (χ4n) is 11.5. The summed E-state index contributed by atoms with van der Waals surface area (Å²) in [7, 11) is 0. The SMILES string of the molecule is c1ccc(-c2nc(-c3c4c(cc5c3-c3ccccc3C53c5ccccc5-c5cc(N(c6ccccc6)c6ccccc6)ccc53)-c3cccc5cccc-4c35)nc3ccccc23)cc1. The first-order chi connectivity index (χ1) is 31.8. The molecule has 1 unspecified atom stereocenters. The van der Waals surface area contributed by atoms with Crippen LogP contribution < -0.4 is 4.90 Å². The molecule has 1 atom stereocenters. The molecule has 0 aliphatic heterocycles. The van der Waals surface area contributed by atoms with Crippen LogP contribution in [-0.2, 0) is 5.41 Å². The van der Waals surface area contributed by atoms with Crippen LogP contribution >= 0.6 is 0 Å². The van der Waals surface area contributed by atoms with Crippen LogP contribution in [0.25, 0.3) is 88.8 Å². The fourth-order valence-corrected chi connectivity index (χ4v) is 11.5. The monoisotopic (exact) mass is 811 g/mol. The van der Waals surface area contributed by atoms with Crippen molar-refractivity contribution in [1.29, 1.82) is 0 Å². The number of benzene rings is 10. The van der Waals surface area contributed by atoms with Crippen LogP contribution in [0.4, 0.5) is 17.1 Å². The van der Waals surface area contributed by atoms with E-state index in [0.717, 1.165) is 50.6 Å². The van der Waals surface area contributed by atoms with Gasteiger partial charge in [0.2, 0.25) is 0 Å². The Morgan fingerprint density at radius 3 is 1.69 bits per heavy atom. The highest BCUT2D eigenvalue weighted by molar-refractivity contribution is 6.21. The van der Waals surface area contributed by atoms with Gasteiger partial charge in [-0.2, -0.15) is 0 Å². The zero-order valence-corrected chi connectivity index (χ0v) is 34.7. The number of anilines is 3. The van der Waals surface area contributed by atoms with Crippen molar-refractivity contribution < 1.29 is 0 Å². The molecule has 1 spiro atoms. The van der Waals surface area contributed by atoms with Gasteiger partial charge in [-0.05, 0) is 121 Å². The van der Waals surface area contributed by atoms with E-state index in [1.165, 1.54) is 77.5 Å². The first-order valence-electron chi connectivity index (χ1n) is 22.1. The van der Waals surface area contributed by atoms with Gasteiger partial charge in [-0.15, -0.1) is 0 Å². The maximum Gasteiger partial charge on any atom is 0.161 e. The first kappa shape index (κ1) is 35.2. The fraction of sp³-hybridized carbons (Fsp3) is 0.0164. The van der Waals surface area contributed by atoms with Gasteiger partial charge in [-0.1, -0.05) is 176 Å². The summed E-state index contributed by atoms with van der Waals surface area (Å²) in [4.78, 5) is 13.6. The Bertz CT molecular complexity index is 3680. The zero-order chi connectivity index (χ0) is 41.9. The summed E-state index contributed by atoms with van der Waals surface area (Å²) in [5, 5.41) is 3.57. The van der Waals surface area contributed by atoms with Crippen molar-refractivity contribution in [3.63, 3.8) is 0 Å². The molecule has 1 heterocycles. The van der Waals surface area contributed by atoms with E-state index in [1.54, 1.807) is 0 Å². The molecule has 3 aliphatic rings. The van der Waals surface area contributed by atoms with Gasteiger partial charge >= 0.3 is 0 Å². The molecule has 0 bridgehead atoms. The van der Waals surface area contributed by atoms with Gasteiger partial charge in [-0.3, -0.25) is 0 Å². The smallest absolute Gasteiger partial charge is 0.161 e. The summed E-state index contributed by atoms with van der Waals surface area (Å²) in [6, 6.07) is 81.9. The average molecular weight is 812 g/mol. The third kappa shape index (κ3) is 4.70. The van der Waals surface area contributed by atoms with Crippen molar-refractivity contribution in [3.8, 4) is 67.2 Å². The molecule has 3 nitrogen and oxygen atoms in total. The second kappa shape index (κ2) is 13.3. The predicted molar refractivity (Wildman–Crippen MR) is 263 cm³/mol. The molecule has 0 saturated carbocycles. The summed E-state index contributed by atoms with van der Waals surface area (Å²) in [5.74, 6) is 0.741. The van der Waals surface area contributed by atoms with Crippen molar-refractivity contribution in [3.05, 3.63) is 247 Å². The minimum Gasteiger partial charge on any atom is -0.310 e. The standard InChI is InChI=1S/C61H37N3/c1-4-18-39(19-5-1)59-46-28-12-15-33-54(46)62-60(63-59)58-56-47-30-17-21-38-20-16-29-44(55(38)47)49(56)37-53-57(58)45-27-11-14-32-51(45)61(53)50-31-13-10-26-43(50)48-36-42(34-35-52(48)61)64(40-22-6-2-7-23-40)41-24-8-3-9-25-41/h1-37H. The molecule has 0 saturated heterocycles. The molecule has 296 valence electrons. The van der Waals surface area contributed by atoms with Gasteiger partial charge < -0.3 is 4.90 Å². The van der Waals surface area contributed by atoms with Crippen LogP contribution in [0.3, 0.4) is 0 Å². The van der Waals surface area contributed by atoms with E-state index in [-0.39, 0.29) is 0 Å². The number of para-hydroxylation sites is 3. The van der Waals surface area contributed by atoms with E-state index < -0.39 is 5.41 Å². The quantitative estimate of drug-likeness (QED) is 0.173. The predicted octanol–water partition coefficient (Wildman–Crippen LogP) is 15.6. The van der Waals surface area contributed by atoms with Gasteiger partial charge in [0.05, 0.1) is 16.6 Å². The Hall–Kier alpha value is -8.40.